The number of ether oxygens (including phenoxy) is 1. The largest absolute Gasteiger partial charge is 0.491 e. The number of rotatable bonds is 5. The Hall–Kier alpha value is -1.88. The van der Waals surface area contributed by atoms with E-state index in [0.717, 1.165) is 17.3 Å². The first-order valence-electron chi connectivity index (χ1n) is 6.01. The molecule has 0 saturated heterocycles. The molecule has 0 radical (unpaired) electrons. The monoisotopic (exact) mass is 246 g/mol. The molecule has 1 aromatic heterocycles. The van der Waals surface area contributed by atoms with E-state index in [0.29, 0.717) is 6.54 Å². The van der Waals surface area contributed by atoms with Gasteiger partial charge in [-0.25, -0.2) is 0 Å². The summed E-state index contributed by atoms with van der Waals surface area (Å²) in [5.41, 5.74) is 1.03. The lowest BCUT2D eigenvalue weighted by molar-refractivity contribution is 0.242. The molecule has 5 nitrogen and oxygen atoms in total. The molecule has 18 heavy (non-hydrogen) atoms. The second-order valence-electron chi connectivity index (χ2n) is 4.31. The number of benzene rings is 1. The lowest BCUT2D eigenvalue weighted by Gasteiger charge is -2.11. The zero-order chi connectivity index (χ0) is 13.0. The zero-order valence-electron chi connectivity index (χ0n) is 10.9. The van der Waals surface area contributed by atoms with Crippen molar-refractivity contribution in [3.05, 3.63) is 36.4 Å². The van der Waals surface area contributed by atoms with Crippen LogP contribution in [0.4, 0.5) is 0 Å². The molecule has 0 aliphatic heterocycles. The Morgan fingerprint density at radius 1 is 1.28 bits per heavy atom. The Bertz CT molecular complexity index is 490. The van der Waals surface area contributed by atoms with E-state index in [9.17, 15) is 0 Å². The van der Waals surface area contributed by atoms with Crippen LogP contribution in [-0.2, 0) is 6.54 Å². The predicted molar refractivity (Wildman–Crippen MR) is 69.9 cm³/mol. The third-order valence-corrected chi connectivity index (χ3v) is 2.44. The normalized spacial score (nSPS) is 10.9. The lowest BCUT2D eigenvalue weighted by Crippen LogP contribution is -2.11. The maximum atomic E-state index is 5.61. The van der Waals surface area contributed by atoms with Crippen molar-refractivity contribution in [2.24, 2.45) is 0 Å². The van der Waals surface area contributed by atoms with Crippen molar-refractivity contribution < 1.29 is 4.74 Å². The topological polar surface area (TPSA) is 52.0 Å². The summed E-state index contributed by atoms with van der Waals surface area (Å²) in [6.45, 7) is 4.71. The minimum absolute atomic E-state index is 0.186. The van der Waals surface area contributed by atoms with Crippen LogP contribution in [0.3, 0.4) is 0 Å². The Balaban J connectivity index is 2.20. The molecular formula is C13H18N4O. The smallest absolute Gasteiger partial charge is 0.151 e. The highest BCUT2D eigenvalue weighted by atomic mass is 16.5. The third-order valence-electron chi connectivity index (χ3n) is 2.44. The second kappa shape index (κ2) is 5.64. The highest BCUT2D eigenvalue weighted by Crippen LogP contribution is 2.17. The van der Waals surface area contributed by atoms with Gasteiger partial charge in [-0.1, -0.05) is 0 Å². The van der Waals surface area contributed by atoms with Crippen LogP contribution in [0.1, 0.15) is 19.7 Å². The van der Waals surface area contributed by atoms with Crippen molar-refractivity contribution >= 4 is 0 Å². The maximum Gasteiger partial charge on any atom is 0.151 e. The maximum absolute atomic E-state index is 5.61. The van der Waals surface area contributed by atoms with Gasteiger partial charge in [0.1, 0.15) is 12.1 Å². The molecule has 0 atom stereocenters. The summed E-state index contributed by atoms with van der Waals surface area (Å²) in [5.74, 6) is 1.76. The summed E-state index contributed by atoms with van der Waals surface area (Å²) in [6.07, 6.45) is 1.90. The number of nitrogens with one attached hydrogen (secondary N) is 1. The molecule has 0 saturated carbocycles. The summed E-state index contributed by atoms with van der Waals surface area (Å²) in [6, 6.07) is 7.91. The van der Waals surface area contributed by atoms with Gasteiger partial charge in [0.25, 0.3) is 0 Å². The molecule has 1 N–H and O–H groups in total. The van der Waals surface area contributed by atoms with Crippen LogP contribution in [-0.4, -0.2) is 27.9 Å². The molecule has 0 unspecified atom stereocenters. The number of aromatic nitrogens is 3. The summed E-state index contributed by atoms with van der Waals surface area (Å²) >= 11 is 0. The second-order valence-corrected chi connectivity index (χ2v) is 4.31. The zero-order valence-corrected chi connectivity index (χ0v) is 10.9. The van der Waals surface area contributed by atoms with Gasteiger partial charge in [-0.15, -0.1) is 10.2 Å². The minimum atomic E-state index is 0.186. The quantitative estimate of drug-likeness (QED) is 0.873. The molecule has 1 aromatic carbocycles. The van der Waals surface area contributed by atoms with Crippen LogP contribution >= 0.6 is 0 Å². The van der Waals surface area contributed by atoms with Crippen molar-refractivity contribution in [3.63, 3.8) is 0 Å². The highest BCUT2D eigenvalue weighted by molar-refractivity contribution is 5.38. The first kappa shape index (κ1) is 12.6. The van der Waals surface area contributed by atoms with Gasteiger partial charge in [0, 0.05) is 5.69 Å². The van der Waals surface area contributed by atoms with E-state index in [4.69, 9.17) is 4.74 Å². The number of nitrogens with zero attached hydrogens (tertiary/aromatic N) is 3. The Morgan fingerprint density at radius 3 is 2.61 bits per heavy atom. The molecule has 1 heterocycles. The molecule has 0 fully saturated rings. The fourth-order valence-corrected chi connectivity index (χ4v) is 1.71. The van der Waals surface area contributed by atoms with E-state index in [-0.39, 0.29) is 6.10 Å². The third kappa shape index (κ3) is 2.87. The SMILES string of the molecule is CNCc1nncn1-c1ccc(OC(C)C)cc1. The van der Waals surface area contributed by atoms with Gasteiger partial charge < -0.3 is 10.1 Å². The van der Waals surface area contributed by atoms with Gasteiger partial charge in [0.05, 0.1) is 12.6 Å². The average molecular weight is 246 g/mol. The predicted octanol–water partition coefficient (Wildman–Crippen LogP) is 1.77. The molecule has 2 aromatic rings. The molecular weight excluding hydrogens is 228 g/mol. The van der Waals surface area contributed by atoms with Gasteiger partial charge in [-0.2, -0.15) is 0 Å². The molecule has 5 heteroatoms. The average Bonchev–Trinajstić information content (AvgIpc) is 2.78. The van der Waals surface area contributed by atoms with E-state index in [1.54, 1.807) is 6.33 Å². The van der Waals surface area contributed by atoms with E-state index >= 15 is 0 Å². The van der Waals surface area contributed by atoms with E-state index in [2.05, 4.69) is 15.5 Å². The van der Waals surface area contributed by atoms with Crippen LogP contribution in [0.25, 0.3) is 5.69 Å². The first-order valence-corrected chi connectivity index (χ1v) is 6.01. The summed E-state index contributed by atoms with van der Waals surface area (Å²) in [7, 11) is 1.89. The van der Waals surface area contributed by atoms with Gasteiger partial charge >= 0.3 is 0 Å². The fourth-order valence-electron chi connectivity index (χ4n) is 1.71. The number of hydrogen-bond acceptors (Lipinski definition) is 4. The lowest BCUT2D eigenvalue weighted by atomic mass is 10.3. The van der Waals surface area contributed by atoms with Crippen LogP contribution in [0.2, 0.25) is 0 Å². The molecule has 0 aliphatic carbocycles. The van der Waals surface area contributed by atoms with Crippen molar-refractivity contribution in [2.75, 3.05) is 7.05 Å². The first-order chi connectivity index (χ1) is 8.70. The van der Waals surface area contributed by atoms with Crippen LogP contribution in [0.15, 0.2) is 30.6 Å². The van der Waals surface area contributed by atoms with Crippen molar-refractivity contribution in [2.45, 2.75) is 26.5 Å². The Labute approximate surface area is 107 Å². The molecule has 0 aliphatic rings. The molecule has 0 bridgehead atoms. The molecule has 0 spiro atoms. The van der Waals surface area contributed by atoms with Crippen molar-refractivity contribution in [3.8, 4) is 11.4 Å². The van der Waals surface area contributed by atoms with Gasteiger partial charge in [-0.05, 0) is 45.2 Å². The standard InChI is InChI=1S/C13H18N4O/c1-10(2)18-12-6-4-11(5-7-12)17-9-15-16-13(17)8-14-3/h4-7,9-10,14H,8H2,1-3H3. The molecule has 96 valence electrons. The Morgan fingerprint density at radius 2 is 2.00 bits per heavy atom. The van der Waals surface area contributed by atoms with Crippen molar-refractivity contribution in [1.29, 1.82) is 0 Å². The fraction of sp³-hybridized carbons (Fsp3) is 0.385. The van der Waals surface area contributed by atoms with Crippen LogP contribution in [0.5, 0.6) is 5.75 Å². The van der Waals surface area contributed by atoms with E-state index < -0.39 is 0 Å². The minimum Gasteiger partial charge on any atom is -0.491 e. The summed E-state index contributed by atoms with van der Waals surface area (Å²) < 4.78 is 7.57. The molecule has 0 amide bonds. The summed E-state index contributed by atoms with van der Waals surface area (Å²) in [5, 5.41) is 11.1. The van der Waals surface area contributed by atoms with Crippen LogP contribution in [0, 0.1) is 0 Å². The van der Waals surface area contributed by atoms with Gasteiger partial charge in [0.15, 0.2) is 5.82 Å². The van der Waals surface area contributed by atoms with E-state index in [1.807, 2.05) is 49.7 Å². The van der Waals surface area contributed by atoms with Crippen LogP contribution < -0.4 is 10.1 Å². The van der Waals surface area contributed by atoms with Gasteiger partial charge in [-0.3, -0.25) is 4.57 Å². The highest BCUT2D eigenvalue weighted by Gasteiger charge is 2.05. The number of hydrogen-bond donors (Lipinski definition) is 1. The Kier molecular flexibility index (Phi) is 3.94. The molecule has 2 rings (SSSR count). The van der Waals surface area contributed by atoms with Crippen molar-refractivity contribution in [1.82, 2.24) is 20.1 Å². The summed E-state index contributed by atoms with van der Waals surface area (Å²) in [4.78, 5) is 0. The van der Waals surface area contributed by atoms with E-state index in [1.165, 1.54) is 0 Å². The van der Waals surface area contributed by atoms with Gasteiger partial charge in [0.2, 0.25) is 0 Å².